The van der Waals surface area contributed by atoms with E-state index in [-0.39, 0.29) is 12.4 Å². The molecule has 0 amide bonds. The van der Waals surface area contributed by atoms with Crippen LogP contribution in [0.4, 0.5) is 10.2 Å². The van der Waals surface area contributed by atoms with Crippen molar-refractivity contribution in [2.75, 3.05) is 12.4 Å². The highest BCUT2D eigenvalue weighted by molar-refractivity contribution is 7.12. The Balaban J connectivity index is 1.91. The highest BCUT2D eigenvalue weighted by Gasteiger charge is 2.06. The summed E-state index contributed by atoms with van der Waals surface area (Å²) in [6.45, 7) is 0.544. The maximum absolute atomic E-state index is 12.9. The van der Waals surface area contributed by atoms with Gasteiger partial charge in [-0.1, -0.05) is 6.07 Å². The van der Waals surface area contributed by atoms with Crippen molar-refractivity contribution in [2.24, 2.45) is 0 Å². The zero-order valence-electron chi connectivity index (χ0n) is 10.4. The number of thiophene rings is 1. The minimum atomic E-state index is -0.512. The van der Waals surface area contributed by atoms with Crippen LogP contribution in [0.3, 0.4) is 0 Å². The lowest BCUT2D eigenvalue weighted by Gasteiger charge is -2.03. The SMILES string of the molecule is COC(=O)Cc1ccc(CNc2cccc(F)n2)s1. The summed E-state index contributed by atoms with van der Waals surface area (Å²) in [5.74, 6) is -0.279. The van der Waals surface area contributed by atoms with Crippen LogP contribution in [-0.2, 0) is 22.5 Å². The van der Waals surface area contributed by atoms with E-state index in [4.69, 9.17) is 0 Å². The number of halogens is 1. The molecule has 0 saturated heterocycles. The van der Waals surface area contributed by atoms with Gasteiger partial charge in [0.15, 0.2) is 0 Å². The first-order valence-corrected chi connectivity index (χ1v) is 6.50. The largest absolute Gasteiger partial charge is 0.469 e. The molecule has 0 bridgehead atoms. The van der Waals surface area contributed by atoms with Crippen molar-refractivity contribution in [3.63, 3.8) is 0 Å². The molecule has 6 heteroatoms. The fourth-order valence-electron chi connectivity index (χ4n) is 1.51. The molecule has 0 aliphatic heterocycles. The molecule has 2 heterocycles. The predicted octanol–water partition coefficient (Wildman–Crippen LogP) is 2.61. The van der Waals surface area contributed by atoms with Crippen molar-refractivity contribution in [1.29, 1.82) is 0 Å². The molecular weight excluding hydrogens is 267 g/mol. The quantitative estimate of drug-likeness (QED) is 0.675. The third-order valence-corrected chi connectivity index (χ3v) is 3.51. The lowest BCUT2D eigenvalue weighted by atomic mass is 10.3. The van der Waals surface area contributed by atoms with E-state index in [1.165, 1.54) is 24.5 Å². The molecule has 1 N–H and O–H groups in total. The number of rotatable bonds is 5. The molecule has 2 rings (SSSR count). The van der Waals surface area contributed by atoms with Crippen LogP contribution in [0.1, 0.15) is 9.75 Å². The number of carbonyl (C=O) groups excluding carboxylic acids is 1. The van der Waals surface area contributed by atoms with Crippen molar-refractivity contribution < 1.29 is 13.9 Å². The van der Waals surface area contributed by atoms with Gasteiger partial charge in [-0.05, 0) is 24.3 Å². The third-order valence-electron chi connectivity index (χ3n) is 2.42. The molecule has 100 valence electrons. The molecule has 0 aromatic carbocycles. The Hall–Kier alpha value is -1.95. The number of carbonyl (C=O) groups is 1. The van der Waals surface area contributed by atoms with Gasteiger partial charge < -0.3 is 10.1 Å². The molecule has 0 unspecified atom stereocenters. The average Bonchev–Trinajstić information content (AvgIpc) is 2.84. The minimum absolute atomic E-state index is 0.256. The predicted molar refractivity (Wildman–Crippen MR) is 71.6 cm³/mol. The molecule has 4 nitrogen and oxygen atoms in total. The molecule has 0 saturated carbocycles. The summed E-state index contributed by atoms with van der Waals surface area (Å²) in [5, 5.41) is 3.03. The van der Waals surface area contributed by atoms with Crippen LogP contribution in [0.15, 0.2) is 30.3 Å². The van der Waals surface area contributed by atoms with Crippen LogP contribution < -0.4 is 5.32 Å². The second-order valence-electron chi connectivity index (χ2n) is 3.82. The number of ether oxygens (including phenoxy) is 1. The second-order valence-corrected chi connectivity index (χ2v) is 5.07. The standard InChI is InChI=1S/C13H13FN2O2S/c1-18-13(17)7-9-5-6-10(19-9)8-15-12-4-2-3-11(14)16-12/h2-6H,7-8H2,1H3,(H,15,16). The smallest absolute Gasteiger partial charge is 0.310 e. The highest BCUT2D eigenvalue weighted by atomic mass is 32.1. The molecule has 0 spiro atoms. The fourth-order valence-corrected chi connectivity index (χ4v) is 2.45. The van der Waals surface area contributed by atoms with Gasteiger partial charge in [0.25, 0.3) is 0 Å². The van der Waals surface area contributed by atoms with Crippen molar-refractivity contribution in [1.82, 2.24) is 4.98 Å². The maximum atomic E-state index is 12.9. The fraction of sp³-hybridized carbons (Fsp3) is 0.231. The summed E-state index contributed by atoms with van der Waals surface area (Å²) >= 11 is 1.52. The van der Waals surface area contributed by atoms with E-state index >= 15 is 0 Å². The summed E-state index contributed by atoms with van der Waals surface area (Å²) in [5.41, 5.74) is 0. The number of esters is 1. The van der Waals surface area contributed by atoms with Crippen LogP contribution >= 0.6 is 11.3 Å². The minimum Gasteiger partial charge on any atom is -0.469 e. The number of aromatic nitrogens is 1. The Labute approximate surface area is 114 Å². The second kappa shape index (κ2) is 6.29. The molecule has 19 heavy (non-hydrogen) atoms. The molecule has 0 atom stereocenters. The van der Waals surface area contributed by atoms with Gasteiger partial charge in [0, 0.05) is 9.75 Å². The molecule has 0 radical (unpaired) electrons. The number of nitrogens with zero attached hydrogens (tertiary/aromatic N) is 1. The van der Waals surface area contributed by atoms with Gasteiger partial charge in [-0.2, -0.15) is 4.39 Å². The first-order chi connectivity index (χ1) is 9.17. The molecule has 0 aliphatic rings. The van der Waals surface area contributed by atoms with Crippen LogP contribution in [0.25, 0.3) is 0 Å². The summed E-state index contributed by atoms with van der Waals surface area (Å²) in [7, 11) is 1.37. The van der Waals surface area contributed by atoms with E-state index in [1.54, 1.807) is 12.1 Å². The number of anilines is 1. The molecule has 0 fully saturated rings. The Morgan fingerprint density at radius 2 is 2.16 bits per heavy atom. The van der Waals surface area contributed by atoms with E-state index in [0.717, 1.165) is 9.75 Å². The van der Waals surface area contributed by atoms with Crippen LogP contribution in [-0.4, -0.2) is 18.1 Å². The molecule has 0 aliphatic carbocycles. The van der Waals surface area contributed by atoms with Crippen LogP contribution in [0.2, 0.25) is 0 Å². The molecular formula is C13H13FN2O2S. The summed E-state index contributed by atoms with van der Waals surface area (Å²) in [6.07, 6.45) is 0.277. The van der Waals surface area contributed by atoms with Crippen molar-refractivity contribution >= 4 is 23.1 Å². The lowest BCUT2D eigenvalue weighted by Crippen LogP contribution is -2.02. The molecule has 2 aromatic heterocycles. The topological polar surface area (TPSA) is 51.2 Å². The third kappa shape index (κ3) is 4.03. The lowest BCUT2D eigenvalue weighted by molar-refractivity contribution is -0.139. The normalized spacial score (nSPS) is 10.2. The Bertz CT molecular complexity index is 571. The van der Waals surface area contributed by atoms with Gasteiger partial charge in [-0.3, -0.25) is 4.79 Å². The summed E-state index contributed by atoms with van der Waals surface area (Å²) in [6, 6.07) is 8.41. The maximum Gasteiger partial charge on any atom is 0.310 e. The average molecular weight is 280 g/mol. The first-order valence-electron chi connectivity index (χ1n) is 5.68. The number of nitrogens with one attached hydrogen (secondary N) is 1. The van der Waals surface area contributed by atoms with Crippen molar-refractivity contribution in [3.8, 4) is 0 Å². The van der Waals surface area contributed by atoms with Gasteiger partial charge in [0.2, 0.25) is 5.95 Å². The van der Waals surface area contributed by atoms with E-state index in [0.29, 0.717) is 12.4 Å². The van der Waals surface area contributed by atoms with E-state index in [1.807, 2.05) is 12.1 Å². The number of pyridine rings is 1. The van der Waals surface area contributed by atoms with Crippen molar-refractivity contribution in [2.45, 2.75) is 13.0 Å². The summed E-state index contributed by atoms with van der Waals surface area (Å²) in [4.78, 5) is 16.8. The summed E-state index contributed by atoms with van der Waals surface area (Å²) < 4.78 is 17.5. The van der Waals surface area contributed by atoms with E-state index in [2.05, 4.69) is 15.0 Å². The monoisotopic (exact) mass is 280 g/mol. The van der Waals surface area contributed by atoms with Gasteiger partial charge in [0.1, 0.15) is 5.82 Å². The number of methoxy groups -OCH3 is 1. The van der Waals surface area contributed by atoms with Crippen LogP contribution in [0.5, 0.6) is 0 Å². The number of hydrogen-bond acceptors (Lipinski definition) is 5. The van der Waals surface area contributed by atoms with Crippen molar-refractivity contribution in [3.05, 3.63) is 46.0 Å². The van der Waals surface area contributed by atoms with Gasteiger partial charge in [-0.15, -0.1) is 11.3 Å². The number of hydrogen-bond donors (Lipinski definition) is 1. The zero-order valence-corrected chi connectivity index (χ0v) is 11.2. The molecule has 2 aromatic rings. The first kappa shape index (κ1) is 13.5. The highest BCUT2D eigenvalue weighted by Crippen LogP contribution is 2.18. The Morgan fingerprint density at radius 3 is 2.89 bits per heavy atom. The van der Waals surface area contributed by atoms with E-state index < -0.39 is 5.95 Å². The van der Waals surface area contributed by atoms with Crippen LogP contribution in [0, 0.1) is 5.95 Å². The van der Waals surface area contributed by atoms with Gasteiger partial charge >= 0.3 is 5.97 Å². The Morgan fingerprint density at radius 1 is 1.37 bits per heavy atom. The van der Waals surface area contributed by atoms with E-state index in [9.17, 15) is 9.18 Å². The zero-order chi connectivity index (χ0) is 13.7. The van der Waals surface area contributed by atoms with Gasteiger partial charge in [-0.25, -0.2) is 4.98 Å². The Kier molecular flexibility index (Phi) is 4.46. The van der Waals surface area contributed by atoms with Gasteiger partial charge in [0.05, 0.1) is 20.1 Å².